The number of hydroxylamine groups is 2. The topological polar surface area (TPSA) is 163 Å². The van der Waals surface area contributed by atoms with Crippen molar-refractivity contribution in [3.8, 4) is 5.75 Å². The highest BCUT2D eigenvalue weighted by atomic mass is 35.5. The Morgan fingerprint density at radius 3 is 2.43 bits per heavy atom. The summed E-state index contributed by atoms with van der Waals surface area (Å²) >= 11 is 11.8. The maximum atomic E-state index is 13.7. The van der Waals surface area contributed by atoms with Gasteiger partial charge in [0.15, 0.2) is 5.75 Å². The van der Waals surface area contributed by atoms with Gasteiger partial charge in [0.05, 0.1) is 22.7 Å². The second-order valence-electron chi connectivity index (χ2n) is 9.68. The number of rotatable bonds is 9. The van der Waals surface area contributed by atoms with Crippen molar-refractivity contribution in [1.29, 1.82) is 0 Å². The molecule has 0 spiro atoms. The number of hydrogen-bond acceptors (Lipinski definition) is 9. The fourth-order valence-corrected chi connectivity index (χ4v) is 5.93. The third-order valence-electron chi connectivity index (χ3n) is 6.55. The molecule has 0 aromatic heterocycles. The molecule has 13 nitrogen and oxygen atoms in total. The number of hydrogen-bond donors (Lipinski definition) is 2. The molecular weight excluding hydrogens is 615 g/mol. The Morgan fingerprint density at radius 2 is 1.83 bits per heavy atom. The molecule has 2 fully saturated rings. The van der Waals surface area contributed by atoms with Gasteiger partial charge in [-0.2, -0.15) is 0 Å². The molecule has 2 atom stereocenters. The van der Waals surface area contributed by atoms with E-state index in [1.165, 1.54) is 0 Å². The van der Waals surface area contributed by atoms with Crippen molar-refractivity contribution in [3.05, 3.63) is 63.6 Å². The quantitative estimate of drug-likeness (QED) is 0.307. The highest BCUT2D eigenvalue weighted by molar-refractivity contribution is 7.88. The van der Waals surface area contributed by atoms with Crippen LogP contribution in [0, 0.1) is 0 Å². The molecule has 0 aliphatic carbocycles. The predicted molar refractivity (Wildman–Crippen MR) is 149 cm³/mol. The number of phenols is 1. The monoisotopic (exact) mass is 642 g/mol. The maximum absolute atomic E-state index is 13.7. The zero-order valence-electron chi connectivity index (χ0n) is 22.4. The molecule has 2 heterocycles. The Kier molecular flexibility index (Phi) is 9.94. The highest BCUT2D eigenvalue weighted by Crippen LogP contribution is 2.32. The third kappa shape index (κ3) is 7.50. The smallest absolute Gasteiger partial charge is 0.308 e. The lowest BCUT2D eigenvalue weighted by Crippen LogP contribution is -2.57. The van der Waals surface area contributed by atoms with Crippen LogP contribution in [0.3, 0.4) is 0 Å². The van der Waals surface area contributed by atoms with Gasteiger partial charge in [0.2, 0.25) is 10.0 Å². The number of amides is 3. The number of nitrogens with zero attached hydrogens (tertiary/aromatic N) is 3. The number of ether oxygens (including phenoxy) is 1. The van der Waals surface area contributed by atoms with Gasteiger partial charge < -0.3 is 15.2 Å². The van der Waals surface area contributed by atoms with E-state index in [0.717, 1.165) is 38.4 Å². The molecule has 16 heteroatoms. The van der Waals surface area contributed by atoms with E-state index in [4.69, 9.17) is 32.8 Å². The molecule has 2 N–H and O–H groups in total. The molecule has 2 unspecified atom stereocenters. The third-order valence-corrected chi connectivity index (χ3v) is 8.27. The number of aromatic hydroxyl groups is 1. The van der Waals surface area contributed by atoms with Crippen molar-refractivity contribution in [2.75, 3.05) is 26.0 Å². The Morgan fingerprint density at radius 1 is 1.17 bits per heavy atom. The van der Waals surface area contributed by atoms with Crippen molar-refractivity contribution in [1.82, 2.24) is 19.8 Å². The average molecular weight is 644 g/mol. The van der Waals surface area contributed by atoms with Gasteiger partial charge in [0.1, 0.15) is 31.8 Å². The van der Waals surface area contributed by atoms with E-state index in [1.54, 1.807) is 30.3 Å². The van der Waals surface area contributed by atoms with Crippen molar-refractivity contribution < 1.29 is 42.3 Å². The van der Waals surface area contributed by atoms with E-state index in [2.05, 4.69) is 5.32 Å². The molecule has 2 aliphatic rings. The number of phenolic OH excluding ortho intramolecular Hbond substituents is 1. The molecule has 42 heavy (non-hydrogen) atoms. The average Bonchev–Trinajstić information content (AvgIpc) is 3.30. The maximum Gasteiger partial charge on any atom is 0.308 e. The van der Waals surface area contributed by atoms with Gasteiger partial charge in [-0.15, -0.1) is 4.41 Å². The van der Waals surface area contributed by atoms with Gasteiger partial charge in [-0.1, -0.05) is 53.5 Å². The van der Waals surface area contributed by atoms with E-state index in [9.17, 15) is 32.7 Å². The minimum atomic E-state index is -4.03. The molecular formula is C26H28Cl2N4O9S. The lowest BCUT2D eigenvalue weighted by molar-refractivity contribution is -0.208. The summed E-state index contributed by atoms with van der Waals surface area (Å²) in [6.45, 7) is -1.09. The van der Waals surface area contributed by atoms with Gasteiger partial charge in [-0.3, -0.25) is 29.0 Å². The fraction of sp³-hybridized carbons (Fsp3) is 0.385. The van der Waals surface area contributed by atoms with Crippen molar-refractivity contribution in [2.24, 2.45) is 0 Å². The molecule has 3 amide bonds. The Balaban J connectivity index is 1.57. The van der Waals surface area contributed by atoms with Crippen LogP contribution in [-0.4, -0.2) is 89.7 Å². The fourth-order valence-electron chi connectivity index (χ4n) is 4.49. The number of benzene rings is 2. The van der Waals surface area contributed by atoms with Gasteiger partial charge in [-0.05, 0) is 30.5 Å². The number of nitrogens with one attached hydrogen (secondary N) is 1. The summed E-state index contributed by atoms with van der Waals surface area (Å²) in [5.41, 5.74) is 0.676. The summed E-state index contributed by atoms with van der Waals surface area (Å²) in [5.74, 6) is -3.38. The summed E-state index contributed by atoms with van der Waals surface area (Å²) in [7, 11) is -4.03. The Labute approximate surface area is 251 Å². The first-order valence-electron chi connectivity index (χ1n) is 12.8. The van der Waals surface area contributed by atoms with Crippen LogP contribution in [0.2, 0.25) is 10.0 Å². The van der Waals surface area contributed by atoms with Crippen molar-refractivity contribution in [2.45, 2.75) is 38.0 Å². The summed E-state index contributed by atoms with van der Waals surface area (Å²) in [6.07, 6.45) is 0.968. The van der Waals surface area contributed by atoms with Crippen LogP contribution in [-0.2, 0) is 40.6 Å². The number of carbonyl (C=O) groups excluding carboxylic acids is 4. The Bertz CT molecular complexity index is 1450. The summed E-state index contributed by atoms with van der Waals surface area (Å²) in [6, 6.07) is 9.20. The normalized spacial score (nSPS) is 19.7. The summed E-state index contributed by atoms with van der Waals surface area (Å²) < 4.78 is 31.1. The zero-order chi connectivity index (χ0) is 30.6. The van der Waals surface area contributed by atoms with E-state index in [1.807, 2.05) is 0 Å². The lowest BCUT2D eigenvalue weighted by atomic mass is 10.1. The number of cyclic esters (lactones) is 1. The van der Waals surface area contributed by atoms with E-state index < -0.39 is 58.1 Å². The summed E-state index contributed by atoms with van der Waals surface area (Å²) in [5, 5.41) is 13.7. The van der Waals surface area contributed by atoms with Crippen LogP contribution < -0.4 is 5.32 Å². The molecule has 2 saturated heterocycles. The van der Waals surface area contributed by atoms with Crippen LogP contribution in [0.4, 0.5) is 0 Å². The SMILES string of the molecule is CS(=O)(=O)N1CCCC(NC(=O)c2cc(Cl)c(O)c(Cl)c2)C(=O)N1CC(=O)N(OCc1ccccc1)C1COC(=O)C1. The first-order valence-corrected chi connectivity index (χ1v) is 15.4. The second-order valence-corrected chi connectivity index (χ2v) is 12.4. The van der Waals surface area contributed by atoms with Crippen LogP contribution in [0.15, 0.2) is 42.5 Å². The van der Waals surface area contributed by atoms with Crippen LogP contribution in [0.25, 0.3) is 0 Å². The van der Waals surface area contributed by atoms with E-state index in [0.29, 0.717) is 0 Å². The van der Waals surface area contributed by atoms with Crippen LogP contribution >= 0.6 is 23.2 Å². The molecule has 0 saturated carbocycles. The molecule has 4 rings (SSSR count). The molecule has 2 aromatic rings. The second kappa shape index (κ2) is 13.3. The molecule has 0 radical (unpaired) electrons. The van der Waals surface area contributed by atoms with Crippen molar-refractivity contribution >= 4 is 56.9 Å². The Hall–Kier alpha value is -3.43. The summed E-state index contributed by atoms with van der Waals surface area (Å²) in [4.78, 5) is 57.8. The number of esters is 1. The molecule has 2 aliphatic heterocycles. The first kappa shape index (κ1) is 31.5. The highest BCUT2D eigenvalue weighted by Gasteiger charge is 2.41. The molecule has 2 aromatic carbocycles. The number of sulfonamides is 1. The van der Waals surface area contributed by atoms with E-state index >= 15 is 0 Å². The minimum Gasteiger partial charge on any atom is -0.505 e. The minimum absolute atomic E-state index is 0.0442. The van der Waals surface area contributed by atoms with Gasteiger partial charge in [0, 0.05) is 12.1 Å². The van der Waals surface area contributed by atoms with Gasteiger partial charge in [-0.25, -0.2) is 13.5 Å². The first-order chi connectivity index (χ1) is 19.8. The number of hydrazine groups is 1. The predicted octanol–water partition coefficient (Wildman–Crippen LogP) is 1.87. The van der Waals surface area contributed by atoms with Crippen molar-refractivity contribution in [3.63, 3.8) is 0 Å². The van der Waals surface area contributed by atoms with E-state index in [-0.39, 0.29) is 54.6 Å². The van der Waals surface area contributed by atoms with Crippen LogP contribution in [0.1, 0.15) is 35.2 Å². The van der Waals surface area contributed by atoms with Gasteiger partial charge >= 0.3 is 5.97 Å². The standard InChI is InChI=1S/C26H28Cl2N4O9S/c1-42(38,39)31-9-5-8-21(29-25(36)17-10-19(27)24(35)20(28)11-17)26(37)30(31)13-22(33)32(18-12-23(34)40-15-18)41-14-16-6-3-2-4-7-16/h2-4,6-7,10-11,18,21,35H,5,8-9,12-15H2,1H3,(H,29,36). The van der Waals surface area contributed by atoms with Crippen LogP contribution in [0.5, 0.6) is 5.75 Å². The number of halogens is 2. The van der Waals surface area contributed by atoms with Gasteiger partial charge in [0.25, 0.3) is 17.7 Å². The zero-order valence-corrected chi connectivity index (χ0v) is 24.7. The molecule has 0 bridgehead atoms. The number of carbonyl (C=O) groups is 4. The lowest BCUT2D eigenvalue weighted by Gasteiger charge is -2.34. The largest absolute Gasteiger partial charge is 0.505 e. The molecule has 226 valence electrons.